The summed E-state index contributed by atoms with van der Waals surface area (Å²) in [5, 5.41) is 0. The van der Waals surface area contributed by atoms with Gasteiger partial charge in [-0.1, -0.05) is 20.8 Å². The molecule has 0 N–H and O–H groups in total. The molecule has 0 fully saturated rings. The SMILES string of the molecule is CCOC(=O)C1CCn2cc(C(C)(C)C)nc2C1. The van der Waals surface area contributed by atoms with E-state index in [1.54, 1.807) is 0 Å². The lowest BCUT2D eigenvalue weighted by molar-refractivity contribution is -0.148. The summed E-state index contributed by atoms with van der Waals surface area (Å²) < 4.78 is 7.27. The summed E-state index contributed by atoms with van der Waals surface area (Å²) in [6, 6.07) is 0. The number of carbonyl (C=O) groups excluding carboxylic acids is 1. The number of fused-ring (bicyclic) bond motifs is 1. The molecule has 18 heavy (non-hydrogen) atoms. The Hall–Kier alpha value is -1.32. The zero-order chi connectivity index (χ0) is 13.3. The van der Waals surface area contributed by atoms with E-state index in [0.717, 1.165) is 24.5 Å². The highest BCUT2D eigenvalue weighted by atomic mass is 16.5. The molecular weight excluding hydrogens is 228 g/mol. The molecule has 0 bridgehead atoms. The minimum atomic E-state index is -0.0796. The van der Waals surface area contributed by atoms with E-state index in [9.17, 15) is 4.79 Å². The maximum Gasteiger partial charge on any atom is 0.309 e. The number of carbonyl (C=O) groups is 1. The van der Waals surface area contributed by atoms with E-state index in [1.807, 2.05) is 6.92 Å². The van der Waals surface area contributed by atoms with Crippen molar-refractivity contribution in [1.29, 1.82) is 0 Å². The summed E-state index contributed by atoms with van der Waals surface area (Å²) in [6.45, 7) is 9.64. The number of rotatable bonds is 2. The average molecular weight is 250 g/mol. The first-order valence-electron chi connectivity index (χ1n) is 6.65. The largest absolute Gasteiger partial charge is 0.466 e. The van der Waals surface area contributed by atoms with Crippen molar-refractivity contribution in [2.75, 3.05) is 6.61 Å². The highest BCUT2D eigenvalue weighted by Gasteiger charge is 2.29. The zero-order valence-corrected chi connectivity index (χ0v) is 11.7. The Balaban J connectivity index is 2.15. The van der Waals surface area contributed by atoms with Crippen LogP contribution in [0.15, 0.2) is 6.20 Å². The lowest BCUT2D eigenvalue weighted by Crippen LogP contribution is -2.27. The van der Waals surface area contributed by atoms with Crippen LogP contribution >= 0.6 is 0 Å². The van der Waals surface area contributed by atoms with E-state index in [0.29, 0.717) is 13.0 Å². The second-order valence-corrected chi connectivity index (χ2v) is 5.93. The van der Waals surface area contributed by atoms with Crippen molar-refractivity contribution in [2.45, 2.75) is 52.5 Å². The summed E-state index contributed by atoms with van der Waals surface area (Å²) in [7, 11) is 0. The van der Waals surface area contributed by atoms with Crippen molar-refractivity contribution in [3.8, 4) is 0 Å². The van der Waals surface area contributed by atoms with Gasteiger partial charge in [0.15, 0.2) is 0 Å². The van der Waals surface area contributed by atoms with Crippen LogP contribution < -0.4 is 0 Å². The Bertz CT molecular complexity index is 443. The molecule has 0 saturated heterocycles. The molecule has 4 heteroatoms. The van der Waals surface area contributed by atoms with Gasteiger partial charge in [0, 0.05) is 24.6 Å². The summed E-state index contributed by atoms with van der Waals surface area (Å²) >= 11 is 0. The van der Waals surface area contributed by atoms with Crippen LogP contribution in [0.5, 0.6) is 0 Å². The highest BCUT2D eigenvalue weighted by Crippen LogP contribution is 2.26. The fourth-order valence-corrected chi connectivity index (χ4v) is 2.25. The Labute approximate surface area is 108 Å². The molecule has 1 atom stereocenters. The zero-order valence-electron chi connectivity index (χ0n) is 11.7. The Kier molecular flexibility index (Phi) is 3.46. The molecule has 0 aromatic carbocycles. The first kappa shape index (κ1) is 13.1. The maximum absolute atomic E-state index is 11.8. The molecule has 0 amide bonds. The van der Waals surface area contributed by atoms with Gasteiger partial charge in [-0.25, -0.2) is 4.98 Å². The van der Waals surface area contributed by atoms with E-state index in [-0.39, 0.29) is 17.3 Å². The van der Waals surface area contributed by atoms with Gasteiger partial charge < -0.3 is 9.30 Å². The maximum atomic E-state index is 11.8. The van der Waals surface area contributed by atoms with Crippen LogP contribution in [0.3, 0.4) is 0 Å². The first-order chi connectivity index (χ1) is 8.41. The third-order valence-corrected chi connectivity index (χ3v) is 3.39. The Morgan fingerprint density at radius 2 is 2.28 bits per heavy atom. The molecule has 4 nitrogen and oxygen atoms in total. The van der Waals surface area contributed by atoms with Crippen molar-refractivity contribution in [1.82, 2.24) is 9.55 Å². The molecular formula is C14H22N2O2. The van der Waals surface area contributed by atoms with Gasteiger partial charge in [-0.15, -0.1) is 0 Å². The molecule has 1 unspecified atom stereocenters. The highest BCUT2D eigenvalue weighted by molar-refractivity contribution is 5.72. The number of hydrogen-bond acceptors (Lipinski definition) is 3. The van der Waals surface area contributed by atoms with Gasteiger partial charge in [0.1, 0.15) is 5.82 Å². The molecule has 2 heterocycles. The molecule has 0 radical (unpaired) electrons. The number of hydrogen-bond donors (Lipinski definition) is 0. The number of esters is 1. The molecule has 1 aliphatic rings. The van der Waals surface area contributed by atoms with Crippen molar-refractivity contribution in [3.63, 3.8) is 0 Å². The lowest BCUT2D eigenvalue weighted by atomic mass is 9.93. The third kappa shape index (κ3) is 2.57. The fourth-order valence-electron chi connectivity index (χ4n) is 2.25. The van der Waals surface area contributed by atoms with Crippen LogP contribution in [-0.2, 0) is 27.9 Å². The third-order valence-electron chi connectivity index (χ3n) is 3.39. The molecule has 100 valence electrons. The van der Waals surface area contributed by atoms with E-state index >= 15 is 0 Å². The minimum Gasteiger partial charge on any atom is -0.466 e. The van der Waals surface area contributed by atoms with Crippen LogP contribution in [0.1, 0.15) is 45.6 Å². The molecule has 0 spiro atoms. The van der Waals surface area contributed by atoms with Crippen molar-refractivity contribution in [3.05, 3.63) is 17.7 Å². The Morgan fingerprint density at radius 3 is 2.89 bits per heavy atom. The molecule has 1 aliphatic heterocycles. The van der Waals surface area contributed by atoms with Gasteiger partial charge in [0.05, 0.1) is 18.2 Å². The van der Waals surface area contributed by atoms with Crippen LogP contribution in [-0.4, -0.2) is 22.1 Å². The van der Waals surface area contributed by atoms with Gasteiger partial charge in [-0.3, -0.25) is 4.79 Å². The number of nitrogens with zero attached hydrogens (tertiary/aromatic N) is 2. The fraction of sp³-hybridized carbons (Fsp3) is 0.714. The summed E-state index contributed by atoms with van der Waals surface area (Å²) in [4.78, 5) is 16.4. The minimum absolute atomic E-state index is 0.0207. The normalized spacial score (nSPS) is 19.4. The number of aryl methyl sites for hydroxylation is 1. The topological polar surface area (TPSA) is 44.1 Å². The molecule has 0 saturated carbocycles. The van der Waals surface area contributed by atoms with Crippen molar-refractivity contribution < 1.29 is 9.53 Å². The van der Waals surface area contributed by atoms with Crippen LogP contribution in [0.25, 0.3) is 0 Å². The second kappa shape index (κ2) is 4.75. The van der Waals surface area contributed by atoms with Crippen LogP contribution in [0, 0.1) is 5.92 Å². The van der Waals surface area contributed by atoms with E-state index in [2.05, 4.69) is 36.5 Å². The van der Waals surface area contributed by atoms with E-state index in [1.165, 1.54) is 0 Å². The monoisotopic (exact) mass is 250 g/mol. The lowest BCUT2D eigenvalue weighted by Gasteiger charge is -2.21. The Morgan fingerprint density at radius 1 is 1.56 bits per heavy atom. The van der Waals surface area contributed by atoms with Crippen LogP contribution in [0.4, 0.5) is 0 Å². The molecule has 2 rings (SSSR count). The second-order valence-electron chi connectivity index (χ2n) is 5.93. The summed E-state index contributed by atoms with van der Waals surface area (Å²) in [5.74, 6) is 0.918. The van der Waals surface area contributed by atoms with Gasteiger partial charge in [-0.2, -0.15) is 0 Å². The van der Waals surface area contributed by atoms with Crippen molar-refractivity contribution >= 4 is 5.97 Å². The molecule has 1 aromatic rings. The number of imidazole rings is 1. The smallest absolute Gasteiger partial charge is 0.309 e. The average Bonchev–Trinajstić information content (AvgIpc) is 2.71. The number of ether oxygens (including phenoxy) is 1. The molecule has 1 aromatic heterocycles. The standard InChI is InChI=1S/C14H22N2O2/c1-5-18-13(17)10-6-7-16-9-11(14(2,3)4)15-12(16)8-10/h9-10H,5-8H2,1-4H3. The van der Waals surface area contributed by atoms with Gasteiger partial charge in [0.2, 0.25) is 0 Å². The van der Waals surface area contributed by atoms with Gasteiger partial charge in [0.25, 0.3) is 0 Å². The van der Waals surface area contributed by atoms with E-state index in [4.69, 9.17) is 4.74 Å². The predicted octanol–water partition coefficient (Wildman–Crippen LogP) is 2.31. The predicted molar refractivity (Wildman–Crippen MR) is 69.4 cm³/mol. The first-order valence-corrected chi connectivity index (χ1v) is 6.65. The van der Waals surface area contributed by atoms with Gasteiger partial charge in [-0.05, 0) is 13.3 Å². The quantitative estimate of drug-likeness (QED) is 0.757. The van der Waals surface area contributed by atoms with Crippen molar-refractivity contribution in [2.24, 2.45) is 5.92 Å². The van der Waals surface area contributed by atoms with E-state index < -0.39 is 0 Å². The molecule has 0 aliphatic carbocycles. The van der Waals surface area contributed by atoms with Crippen LogP contribution in [0.2, 0.25) is 0 Å². The number of aromatic nitrogens is 2. The summed E-state index contributed by atoms with van der Waals surface area (Å²) in [6.07, 6.45) is 3.68. The van der Waals surface area contributed by atoms with Gasteiger partial charge >= 0.3 is 5.97 Å². The summed E-state index contributed by atoms with van der Waals surface area (Å²) in [5.41, 5.74) is 1.16.